The molecule has 0 aromatic carbocycles. The molecule has 1 nitrogen and oxygen atoms in total. The second-order valence-electron chi connectivity index (χ2n) is 0.732. The minimum Gasteiger partial charge on any atom is -0.375 e. The Morgan fingerprint density at radius 3 is 2.67 bits per heavy atom. The van der Waals surface area contributed by atoms with E-state index in [9.17, 15) is 0 Å². The Bertz CT molecular complexity index is 42.8. The molecule has 0 fully saturated rings. The number of hydrogen-bond donors (Lipinski definition) is 0. The van der Waals surface area contributed by atoms with Crippen LogP contribution in [0, 0.1) is 7.11 Å². The first kappa shape index (κ1) is 5.99. The van der Waals surface area contributed by atoms with Crippen molar-refractivity contribution >= 4 is 11.6 Å². The van der Waals surface area contributed by atoms with E-state index < -0.39 is 0 Å². The molecular weight excluding hydrogens is 99.5 g/mol. The van der Waals surface area contributed by atoms with Gasteiger partial charge in [-0.05, 0) is 6.08 Å². The van der Waals surface area contributed by atoms with Crippen molar-refractivity contribution in [2.75, 3.05) is 6.61 Å². The molecule has 0 aliphatic carbocycles. The van der Waals surface area contributed by atoms with Crippen LogP contribution in [0.1, 0.15) is 0 Å². The average Bonchev–Trinajstić information content (AvgIpc) is 1.61. The van der Waals surface area contributed by atoms with Gasteiger partial charge in [-0.3, -0.25) is 0 Å². The van der Waals surface area contributed by atoms with Gasteiger partial charge in [0.25, 0.3) is 0 Å². The van der Waals surface area contributed by atoms with E-state index in [1.54, 1.807) is 6.08 Å². The van der Waals surface area contributed by atoms with Crippen LogP contribution >= 0.6 is 11.6 Å². The minimum atomic E-state index is 0.490. The topological polar surface area (TPSA) is 9.23 Å². The standard InChI is InChI=1S/C4H6ClO/c1-6-4-2-3-5/h2-3H,1,4H2. The van der Waals surface area contributed by atoms with E-state index in [2.05, 4.69) is 11.8 Å². The van der Waals surface area contributed by atoms with Gasteiger partial charge in [0.2, 0.25) is 0 Å². The number of halogens is 1. The minimum absolute atomic E-state index is 0.490. The van der Waals surface area contributed by atoms with Gasteiger partial charge in [0, 0.05) is 5.54 Å². The highest BCUT2D eigenvalue weighted by molar-refractivity contribution is 6.25. The van der Waals surface area contributed by atoms with Crippen molar-refractivity contribution < 1.29 is 4.74 Å². The molecule has 35 valence electrons. The van der Waals surface area contributed by atoms with Crippen molar-refractivity contribution in [3.8, 4) is 0 Å². The quantitative estimate of drug-likeness (QED) is 0.518. The molecule has 0 bridgehead atoms. The number of hydrogen-bond acceptors (Lipinski definition) is 1. The fraction of sp³-hybridized carbons (Fsp3) is 0.250. The van der Waals surface area contributed by atoms with Crippen LogP contribution in [0.25, 0.3) is 0 Å². The highest BCUT2D eigenvalue weighted by Gasteiger charge is 1.63. The summed E-state index contributed by atoms with van der Waals surface area (Å²) in [5.74, 6) is 0. The van der Waals surface area contributed by atoms with Gasteiger partial charge in [-0.2, -0.15) is 0 Å². The molecule has 0 unspecified atom stereocenters. The zero-order valence-corrected chi connectivity index (χ0v) is 4.11. The molecule has 2 heteroatoms. The molecule has 0 aliphatic heterocycles. The monoisotopic (exact) mass is 105 g/mol. The number of ether oxygens (including phenoxy) is 1. The molecule has 0 heterocycles. The fourth-order valence-corrected chi connectivity index (χ4v) is 0.177. The fourth-order valence-electron chi connectivity index (χ4n) is 0.104. The van der Waals surface area contributed by atoms with Crippen LogP contribution in [0.5, 0.6) is 0 Å². The van der Waals surface area contributed by atoms with Crippen molar-refractivity contribution in [3.05, 3.63) is 18.7 Å². The molecule has 0 saturated heterocycles. The van der Waals surface area contributed by atoms with Gasteiger partial charge >= 0.3 is 0 Å². The molecular formula is C4H6ClO. The van der Waals surface area contributed by atoms with Gasteiger partial charge in [-0.15, -0.1) is 0 Å². The number of rotatable bonds is 2. The molecule has 0 N–H and O–H groups in total. The van der Waals surface area contributed by atoms with Crippen LogP contribution in [-0.4, -0.2) is 6.61 Å². The van der Waals surface area contributed by atoms with Gasteiger partial charge in [-0.25, -0.2) is 0 Å². The summed E-state index contributed by atoms with van der Waals surface area (Å²) in [4.78, 5) is 0. The van der Waals surface area contributed by atoms with E-state index in [4.69, 9.17) is 11.6 Å². The first-order valence-corrected chi connectivity index (χ1v) is 1.97. The summed E-state index contributed by atoms with van der Waals surface area (Å²) in [5, 5.41) is 0. The summed E-state index contributed by atoms with van der Waals surface area (Å²) < 4.78 is 4.36. The summed E-state index contributed by atoms with van der Waals surface area (Å²) in [5.41, 5.74) is 1.39. The first-order valence-electron chi connectivity index (χ1n) is 1.54. The summed E-state index contributed by atoms with van der Waals surface area (Å²) in [7, 11) is 3.11. The lowest BCUT2D eigenvalue weighted by molar-refractivity contribution is 0.282. The van der Waals surface area contributed by atoms with Crippen LogP contribution in [0.2, 0.25) is 0 Å². The maximum Gasteiger partial charge on any atom is 0.0704 e. The molecule has 0 aromatic heterocycles. The lowest BCUT2D eigenvalue weighted by atomic mass is 10.7. The molecule has 0 amide bonds. The van der Waals surface area contributed by atoms with Gasteiger partial charge in [-0.1, -0.05) is 11.6 Å². The normalized spacial score (nSPS) is 10.3. The Labute approximate surface area is 42.6 Å². The largest absolute Gasteiger partial charge is 0.375 e. The Kier molecular flexibility index (Phi) is 4.98. The van der Waals surface area contributed by atoms with Gasteiger partial charge in [0.15, 0.2) is 0 Å². The highest BCUT2D eigenvalue weighted by atomic mass is 35.5. The smallest absolute Gasteiger partial charge is 0.0704 e. The molecule has 0 aliphatic rings. The second-order valence-corrected chi connectivity index (χ2v) is 0.984. The van der Waals surface area contributed by atoms with E-state index in [0.717, 1.165) is 0 Å². The summed E-state index contributed by atoms with van der Waals surface area (Å²) in [6.45, 7) is 0.490. The summed E-state index contributed by atoms with van der Waals surface area (Å²) in [6.07, 6.45) is 1.66. The van der Waals surface area contributed by atoms with Gasteiger partial charge in [0.1, 0.15) is 0 Å². The zero-order chi connectivity index (χ0) is 4.83. The van der Waals surface area contributed by atoms with E-state index >= 15 is 0 Å². The van der Waals surface area contributed by atoms with Crippen LogP contribution in [0.15, 0.2) is 11.6 Å². The molecule has 0 rings (SSSR count). The molecule has 1 radical (unpaired) electrons. The summed E-state index contributed by atoms with van der Waals surface area (Å²) >= 11 is 5.09. The Hall–Kier alpha value is -0.0100. The lowest BCUT2D eigenvalue weighted by Gasteiger charge is -1.80. The SMILES string of the molecule is [CH2]OCC=CCl. The molecule has 0 aromatic rings. The van der Waals surface area contributed by atoms with Crippen molar-refractivity contribution in [1.29, 1.82) is 0 Å². The van der Waals surface area contributed by atoms with Gasteiger partial charge in [0.05, 0.1) is 13.7 Å². The van der Waals surface area contributed by atoms with Crippen LogP contribution < -0.4 is 0 Å². The van der Waals surface area contributed by atoms with Gasteiger partial charge < -0.3 is 4.74 Å². The highest BCUT2D eigenvalue weighted by Crippen LogP contribution is 1.76. The second kappa shape index (κ2) is 4.99. The van der Waals surface area contributed by atoms with Crippen LogP contribution in [0.4, 0.5) is 0 Å². The molecule has 0 atom stereocenters. The van der Waals surface area contributed by atoms with Crippen LogP contribution in [-0.2, 0) is 4.74 Å². The molecule has 6 heavy (non-hydrogen) atoms. The van der Waals surface area contributed by atoms with E-state index in [1.165, 1.54) is 5.54 Å². The third-order valence-corrected chi connectivity index (χ3v) is 0.481. The van der Waals surface area contributed by atoms with Crippen molar-refractivity contribution in [2.45, 2.75) is 0 Å². The summed E-state index contributed by atoms with van der Waals surface area (Å²) in [6, 6.07) is 0. The lowest BCUT2D eigenvalue weighted by Crippen LogP contribution is -1.74. The predicted octanol–water partition coefficient (Wildman–Crippen LogP) is 1.55. The third-order valence-electron chi connectivity index (χ3n) is 0.303. The Morgan fingerprint density at radius 2 is 2.50 bits per heavy atom. The van der Waals surface area contributed by atoms with E-state index in [-0.39, 0.29) is 0 Å². The predicted molar refractivity (Wildman–Crippen MR) is 26.3 cm³/mol. The van der Waals surface area contributed by atoms with E-state index in [0.29, 0.717) is 6.61 Å². The van der Waals surface area contributed by atoms with Crippen molar-refractivity contribution in [1.82, 2.24) is 0 Å². The van der Waals surface area contributed by atoms with Crippen molar-refractivity contribution in [2.24, 2.45) is 0 Å². The van der Waals surface area contributed by atoms with Crippen molar-refractivity contribution in [3.63, 3.8) is 0 Å². The Balaban J connectivity index is 2.66. The molecule has 0 saturated carbocycles. The first-order chi connectivity index (χ1) is 2.91. The maximum absolute atomic E-state index is 5.09. The zero-order valence-electron chi connectivity index (χ0n) is 3.36. The van der Waals surface area contributed by atoms with Crippen LogP contribution in [0.3, 0.4) is 0 Å². The van der Waals surface area contributed by atoms with E-state index in [1.807, 2.05) is 0 Å². The average molecular weight is 106 g/mol. The maximum atomic E-state index is 5.09. The Morgan fingerprint density at radius 1 is 1.83 bits per heavy atom. The third kappa shape index (κ3) is 3.99. The molecule has 0 spiro atoms.